The molecule has 0 amide bonds. The monoisotopic (exact) mass is 432 g/mol. The molecule has 2 aromatic carbocycles. The third-order valence-electron chi connectivity index (χ3n) is 4.07. The molecule has 0 radical (unpaired) electrons. The highest BCUT2D eigenvalue weighted by Gasteiger charge is 2.16. The van der Waals surface area contributed by atoms with E-state index in [0.29, 0.717) is 33.0 Å². The zero-order valence-corrected chi connectivity index (χ0v) is 17.0. The zero-order chi connectivity index (χ0) is 19.7. The SMILES string of the molecule is COc1ccc(Cn2nnc(-c3cnn(-c4ccc(Cl)c(Cl)c4)c3S)n2)cc1. The van der Waals surface area contributed by atoms with Crippen LogP contribution in [0.3, 0.4) is 0 Å². The molecule has 0 saturated heterocycles. The maximum atomic E-state index is 6.10. The van der Waals surface area contributed by atoms with Gasteiger partial charge in [-0.1, -0.05) is 35.3 Å². The van der Waals surface area contributed by atoms with Crippen LogP contribution in [0.2, 0.25) is 10.0 Å². The molecule has 2 heterocycles. The van der Waals surface area contributed by atoms with Crippen LogP contribution in [0, 0.1) is 0 Å². The first-order chi connectivity index (χ1) is 13.5. The van der Waals surface area contributed by atoms with Gasteiger partial charge in [0.15, 0.2) is 0 Å². The lowest BCUT2D eigenvalue weighted by atomic mass is 10.2. The number of nitrogens with zero attached hydrogens (tertiary/aromatic N) is 6. The summed E-state index contributed by atoms with van der Waals surface area (Å²) in [4.78, 5) is 1.51. The Hall–Kier alpha value is -2.55. The van der Waals surface area contributed by atoms with Gasteiger partial charge in [0.2, 0.25) is 5.82 Å². The van der Waals surface area contributed by atoms with Crippen molar-refractivity contribution in [3.63, 3.8) is 0 Å². The molecule has 0 fully saturated rings. The van der Waals surface area contributed by atoms with Crippen LogP contribution in [0.5, 0.6) is 5.75 Å². The van der Waals surface area contributed by atoms with Crippen molar-refractivity contribution in [1.82, 2.24) is 30.0 Å². The molecular formula is C18H14Cl2N6OS. The number of benzene rings is 2. The van der Waals surface area contributed by atoms with Gasteiger partial charge < -0.3 is 4.74 Å². The van der Waals surface area contributed by atoms with Crippen LogP contribution in [-0.4, -0.2) is 37.1 Å². The van der Waals surface area contributed by atoms with Crippen LogP contribution in [0.4, 0.5) is 0 Å². The van der Waals surface area contributed by atoms with Crippen molar-refractivity contribution in [2.24, 2.45) is 0 Å². The van der Waals surface area contributed by atoms with Gasteiger partial charge in [-0.15, -0.1) is 22.8 Å². The van der Waals surface area contributed by atoms with Crippen molar-refractivity contribution < 1.29 is 4.74 Å². The van der Waals surface area contributed by atoms with Crippen molar-refractivity contribution in [3.05, 3.63) is 64.3 Å². The van der Waals surface area contributed by atoms with Crippen molar-refractivity contribution in [2.45, 2.75) is 11.6 Å². The Labute approximate surface area is 176 Å². The largest absolute Gasteiger partial charge is 0.497 e. The smallest absolute Gasteiger partial charge is 0.209 e. The second-order valence-electron chi connectivity index (χ2n) is 5.88. The Morgan fingerprint density at radius 2 is 1.86 bits per heavy atom. The normalized spacial score (nSPS) is 11.0. The summed E-state index contributed by atoms with van der Waals surface area (Å²) < 4.78 is 6.79. The summed E-state index contributed by atoms with van der Waals surface area (Å²) in [6.45, 7) is 0.486. The summed E-state index contributed by atoms with van der Waals surface area (Å²) in [6, 6.07) is 12.9. The highest BCUT2D eigenvalue weighted by atomic mass is 35.5. The van der Waals surface area contributed by atoms with Crippen LogP contribution in [-0.2, 0) is 6.54 Å². The van der Waals surface area contributed by atoms with E-state index in [1.54, 1.807) is 36.2 Å². The first-order valence-electron chi connectivity index (χ1n) is 8.18. The quantitative estimate of drug-likeness (QED) is 0.479. The molecule has 4 rings (SSSR count). The molecule has 2 aromatic heterocycles. The Kier molecular flexibility index (Phi) is 5.25. The summed E-state index contributed by atoms with van der Waals surface area (Å²) in [7, 11) is 1.63. The number of hydrogen-bond donors (Lipinski definition) is 1. The number of hydrogen-bond acceptors (Lipinski definition) is 6. The lowest BCUT2D eigenvalue weighted by Gasteiger charge is -2.05. The molecule has 0 unspecified atom stereocenters. The highest BCUT2D eigenvalue weighted by Crippen LogP contribution is 2.29. The van der Waals surface area contributed by atoms with Gasteiger partial charge in [0, 0.05) is 0 Å². The number of methoxy groups -OCH3 is 1. The molecule has 0 aliphatic carbocycles. The average Bonchev–Trinajstić information content (AvgIpc) is 3.31. The number of tetrazole rings is 1. The molecule has 0 aliphatic heterocycles. The number of rotatable bonds is 5. The van der Waals surface area contributed by atoms with E-state index in [2.05, 4.69) is 33.1 Å². The summed E-state index contributed by atoms with van der Waals surface area (Å²) in [5.41, 5.74) is 2.43. The Morgan fingerprint density at radius 1 is 1.07 bits per heavy atom. The van der Waals surface area contributed by atoms with Crippen LogP contribution in [0.15, 0.2) is 53.7 Å². The zero-order valence-electron chi connectivity index (χ0n) is 14.6. The molecule has 4 aromatic rings. The van der Waals surface area contributed by atoms with Crippen LogP contribution >= 0.6 is 35.8 Å². The lowest BCUT2D eigenvalue weighted by Crippen LogP contribution is -2.04. The first kappa shape index (κ1) is 18.8. The standard InChI is InChI=1S/C18H14Cl2N6OS/c1-27-13-5-2-11(3-6-13)10-25-23-17(22-24-25)14-9-21-26(18(14)28)12-4-7-15(19)16(20)8-12/h2-9,28H,10H2,1H3. The van der Waals surface area contributed by atoms with Gasteiger partial charge >= 0.3 is 0 Å². The summed E-state index contributed by atoms with van der Waals surface area (Å²) in [5, 5.41) is 18.5. The molecular weight excluding hydrogens is 419 g/mol. The van der Waals surface area contributed by atoms with E-state index in [9.17, 15) is 0 Å². The maximum Gasteiger partial charge on any atom is 0.209 e. The fourth-order valence-electron chi connectivity index (χ4n) is 2.62. The first-order valence-corrected chi connectivity index (χ1v) is 9.39. The minimum atomic E-state index is 0.435. The number of halogens is 2. The van der Waals surface area contributed by atoms with Gasteiger partial charge in [-0.05, 0) is 41.1 Å². The van der Waals surface area contributed by atoms with Crippen LogP contribution in [0.1, 0.15) is 5.56 Å². The second-order valence-corrected chi connectivity index (χ2v) is 7.12. The Bertz CT molecular complexity index is 1130. The molecule has 0 aliphatic rings. The molecule has 10 heteroatoms. The van der Waals surface area contributed by atoms with Crippen molar-refractivity contribution >= 4 is 35.8 Å². The predicted molar refractivity (Wildman–Crippen MR) is 110 cm³/mol. The van der Waals surface area contributed by atoms with Crippen molar-refractivity contribution in [3.8, 4) is 22.8 Å². The Balaban J connectivity index is 1.58. The third-order valence-corrected chi connectivity index (χ3v) is 5.24. The van der Waals surface area contributed by atoms with E-state index in [1.807, 2.05) is 24.3 Å². The fraction of sp³-hybridized carbons (Fsp3) is 0.111. The van der Waals surface area contributed by atoms with Crippen molar-refractivity contribution in [1.29, 1.82) is 0 Å². The van der Waals surface area contributed by atoms with Crippen LogP contribution < -0.4 is 4.74 Å². The molecule has 0 N–H and O–H groups in total. The van der Waals surface area contributed by atoms with Gasteiger partial charge in [0.05, 0.1) is 41.1 Å². The van der Waals surface area contributed by atoms with Gasteiger partial charge in [0.1, 0.15) is 10.8 Å². The predicted octanol–water partition coefficient (Wildman–Crippen LogP) is 4.18. The molecule has 0 bridgehead atoms. The summed E-state index contributed by atoms with van der Waals surface area (Å²) in [5.74, 6) is 1.23. The number of aromatic nitrogens is 6. The molecule has 0 atom stereocenters. The van der Waals surface area contributed by atoms with Gasteiger partial charge in [-0.25, -0.2) is 4.68 Å². The van der Waals surface area contributed by atoms with Crippen molar-refractivity contribution in [2.75, 3.05) is 7.11 Å². The van der Waals surface area contributed by atoms with E-state index in [-0.39, 0.29) is 0 Å². The number of thiol groups is 1. The minimum Gasteiger partial charge on any atom is -0.497 e. The van der Waals surface area contributed by atoms with E-state index in [4.69, 9.17) is 27.9 Å². The van der Waals surface area contributed by atoms with Gasteiger partial charge in [-0.2, -0.15) is 9.90 Å². The van der Waals surface area contributed by atoms with E-state index in [1.165, 1.54) is 4.80 Å². The molecule has 0 saturated carbocycles. The summed E-state index contributed by atoms with van der Waals surface area (Å²) >= 11 is 16.6. The van der Waals surface area contributed by atoms with Gasteiger partial charge in [0.25, 0.3) is 0 Å². The van der Waals surface area contributed by atoms with E-state index < -0.39 is 0 Å². The third kappa shape index (κ3) is 3.71. The highest BCUT2D eigenvalue weighted by molar-refractivity contribution is 7.80. The molecule has 142 valence electrons. The minimum absolute atomic E-state index is 0.435. The Morgan fingerprint density at radius 3 is 2.57 bits per heavy atom. The maximum absolute atomic E-state index is 6.10. The van der Waals surface area contributed by atoms with E-state index in [0.717, 1.165) is 17.0 Å². The van der Waals surface area contributed by atoms with Gasteiger partial charge in [-0.3, -0.25) is 0 Å². The molecule has 0 spiro atoms. The second kappa shape index (κ2) is 7.83. The molecule has 28 heavy (non-hydrogen) atoms. The average molecular weight is 433 g/mol. The van der Waals surface area contributed by atoms with E-state index >= 15 is 0 Å². The lowest BCUT2D eigenvalue weighted by molar-refractivity contribution is 0.414. The van der Waals surface area contributed by atoms with Crippen LogP contribution in [0.25, 0.3) is 17.1 Å². The number of ether oxygens (including phenoxy) is 1. The topological polar surface area (TPSA) is 70.7 Å². The summed E-state index contributed by atoms with van der Waals surface area (Å²) in [6.07, 6.45) is 1.64. The fourth-order valence-corrected chi connectivity index (χ4v) is 3.23. The molecule has 7 nitrogen and oxygen atoms in total.